The maximum absolute atomic E-state index is 12.3. The number of amides is 1. The SMILES string of the molecule is CCCOc1cccc(C(=O)NC(=S)Nc2ccc(C)c([N+](=O)[O-])c2)c1. The molecule has 136 valence electrons. The highest BCUT2D eigenvalue weighted by molar-refractivity contribution is 7.80. The Hall–Kier alpha value is -3.00. The van der Waals surface area contributed by atoms with E-state index in [4.69, 9.17) is 17.0 Å². The van der Waals surface area contributed by atoms with Crippen LogP contribution in [0.4, 0.5) is 11.4 Å². The lowest BCUT2D eigenvalue weighted by molar-refractivity contribution is -0.385. The molecule has 0 saturated carbocycles. The van der Waals surface area contributed by atoms with Gasteiger partial charge in [-0.15, -0.1) is 0 Å². The highest BCUT2D eigenvalue weighted by Crippen LogP contribution is 2.22. The summed E-state index contributed by atoms with van der Waals surface area (Å²) in [4.78, 5) is 22.8. The number of carbonyl (C=O) groups excluding carboxylic acids is 1. The number of anilines is 1. The average molecular weight is 373 g/mol. The first-order chi connectivity index (χ1) is 12.4. The van der Waals surface area contributed by atoms with Crippen LogP contribution in [0.15, 0.2) is 42.5 Å². The second-order valence-electron chi connectivity index (χ2n) is 5.54. The Kier molecular flexibility index (Phi) is 6.62. The second-order valence-corrected chi connectivity index (χ2v) is 5.95. The maximum atomic E-state index is 12.3. The molecule has 0 unspecified atom stereocenters. The predicted molar refractivity (Wildman–Crippen MR) is 104 cm³/mol. The fourth-order valence-corrected chi connectivity index (χ4v) is 2.38. The molecule has 7 nitrogen and oxygen atoms in total. The summed E-state index contributed by atoms with van der Waals surface area (Å²) in [6.07, 6.45) is 0.868. The van der Waals surface area contributed by atoms with Gasteiger partial charge in [0.1, 0.15) is 5.75 Å². The summed E-state index contributed by atoms with van der Waals surface area (Å²) in [5.74, 6) is 0.207. The van der Waals surface area contributed by atoms with Crippen molar-refractivity contribution in [2.75, 3.05) is 11.9 Å². The van der Waals surface area contributed by atoms with E-state index in [0.29, 0.717) is 29.2 Å². The van der Waals surface area contributed by atoms with Crippen LogP contribution in [0.2, 0.25) is 0 Å². The highest BCUT2D eigenvalue weighted by Gasteiger charge is 2.13. The fraction of sp³-hybridized carbons (Fsp3) is 0.222. The molecule has 26 heavy (non-hydrogen) atoms. The van der Waals surface area contributed by atoms with Crippen LogP contribution < -0.4 is 15.4 Å². The Balaban J connectivity index is 2.02. The molecule has 1 amide bonds. The zero-order chi connectivity index (χ0) is 19.1. The van der Waals surface area contributed by atoms with Crippen molar-refractivity contribution >= 4 is 34.6 Å². The van der Waals surface area contributed by atoms with E-state index in [0.717, 1.165) is 6.42 Å². The van der Waals surface area contributed by atoms with Gasteiger partial charge in [0.2, 0.25) is 0 Å². The molecule has 8 heteroatoms. The second kappa shape index (κ2) is 8.91. The van der Waals surface area contributed by atoms with Gasteiger partial charge in [0.15, 0.2) is 5.11 Å². The van der Waals surface area contributed by atoms with E-state index < -0.39 is 10.8 Å². The number of nitro groups is 1. The quantitative estimate of drug-likeness (QED) is 0.454. The van der Waals surface area contributed by atoms with E-state index in [2.05, 4.69) is 10.6 Å². The molecule has 0 aliphatic carbocycles. The molecule has 0 bridgehead atoms. The minimum absolute atomic E-state index is 0.0232. The number of nitrogens with zero attached hydrogens (tertiary/aromatic N) is 1. The Morgan fingerprint density at radius 1 is 1.27 bits per heavy atom. The zero-order valence-electron chi connectivity index (χ0n) is 14.4. The Morgan fingerprint density at radius 3 is 2.73 bits per heavy atom. The van der Waals surface area contributed by atoms with E-state index in [1.54, 1.807) is 43.3 Å². The standard InChI is InChI=1S/C18H19N3O4S/c1-3-9-25-15-6-4-5-13(10-15)17(22)20-18(26)19-14-8-7-12(2)16(11-14)21(23)24/h4-8,10-11H,3,9H2,1-2H3,(H2,19,20,22,26). The Labute approximate surface area is 156 Å². The molecule has 0 aromatic heterocycles. The molecule has 0 saturated heterocycles. The summed E-state index contributed by atoms with van der Waals surface area (Å²) >= 11 is 5.11. The lowest BCUT2D eigenvalue weighted by Crippen LogP contribution is -2.34. The molecule has 0 aliphatic rings. The van der Waals surface area contributed by atoms with Crippen molar-refractivity contribution in [2.45, 2.75) is 20.3 Å². The number of nitrogens with one attached hydrogen (secondary N) is 2. The molecule has 2 rings (SSSR count). The van der Waals surface area contributed by atoms with Crippen molar-refractivity contribution in [3.63, 3.8) is 0 Å². The van der Waals surface area contributed by atoms with Crippen molar-refractivity contribution in [1.29, 1.82) is 0 Å². The third-order valence-electron chi connectivity index (χ3n) is 3.46. The molecule has 2 N–H and O–H groups in total. The highest BCUT2D eigenvalue weighted by atomic mass is 32.1. The number of rotatable bonds is 6. The molecule has 0 atom stereocenters. The number of nitro benzene ring substituents is 1. The van der Waals surface area contributed by atoms with E-state index in [1.165, 1.54) is 6.07 Å². The van der Waals surface area contributed by atoms with Gasteiger partial charge in [0.25, 0.3) is 11.6 Å². The van der Waals surface area contributed by atoms with Crippen LogP contribution in [-0.4, -0.2) is 22.5 Å². The van der Waals surface area contributed by atoms with Gasteiger partial charge in [-0.3, -0.25) is 20.2 Å². The maximum Gasteiger partial charge on any atom is 0.274 e. The monoisotopic (exact) mass is 373 g/mol. The van der Waals surface area contributed by atoms with Crippen molar-refractivity contribution < 1.29 is 14.5 Å². The number of benzene rings is 2. The van der Waals surface area contributed by atoms with E-state index in [-0.39, 0.29) is 10.8 Å². The van der Waals surface area contributed by atoms with Crippen LogP contribution in [0.3, 0.4) is 0 Å². The van der Waals surface area contributed by atoms with Gasteiger partial charge in [-0.25, -0.2) is 0 Å². The number of hydrogen-bond donors (Lipinski definition) is 2. The van der Waals surface area contributed by atoms with Gasteiger partial charge in [-0.2, -0.15) is 0 Å². The van der Waals surface area contributed by atoms with Gasteiger partial charge < -0.3 is 10.1 Å². The summed E-state index contributed by atoms with van der Waals surface area (Å²) in [5.41, 5.74) is 1.34. The lowest BCUT2D eigenvalue weighted by atomic mass is 10.2. The first kappa shape index (κ1) is 19.3. The minimum Gasteiger partial charge on any atom is -0.494 e. The normalized spacial score (nSPS) is 10.1. The summed E-state index contributed by atoms with van der Waals surface area (Å²) < 4.78 is 5.50. The third-order valence-corrected chi connectivity index (χ3v) is 3.66. The first-order valence-corrected chi connectivity index (χ1v) is 8.41. The Morgan fingerprint density at radius 2 is 2.04 bits per heavy atom. The van der Waals surface area contributed by atoms with Crippen LogP contribution >= 0.6 is 12.2 Å². The molecule has 0 radical (unpaired) electrons. The van der Waals surface area contributed by atoms with Gasteiger partial charge in [0, 0.05) is 22.9 Å². The number of ether oxygens (including phenoxy) is 1. The summed E-state index contributed by atoms with van der Waals surface area (Å²) in [5, 5.41) is 16.4. The van der Waals surface area contributed by atoms with Crippen molar-refractivity contribution in [1.82, 2.24) is 5.32 Å². The summed E-state index contributed by atoms with van der Waals surface area (Å²) in [6, 6.07) is 11.4. The summed E-state index contributed by atoms with van der Waals surface area (Å²) in [7, 11) is 0. The molecule has 2 aromatic rings. The molecular formula is C18H19N3O4S. The van der Waals surface area contributed by atoms with Crippen molar-refractivity contribution in [3.05, 3.63) is 63.7 Å². The fourth-order valence-electron chi connectivity index (χ4n) is 2.17. The van der Waals surface area contributed by atoms with Gasteiger partial charge in [0.05, 0.1) is 11.5 Å². The van der Waals surface area contributed by atoms with Gasteiger partial charge >= 0.3 is 0 Å². The lowest BCUT2D eigenvalue weighted by Gasteiger charge is -2.11. The molecule has 0 aliphatic heterocycles. The van der Waals surface area contributed by atoms with Gasteiger partial charge in [-0.05, 0) is 49.8 Å². The topological polar surface area (TPSA) is 93.5 Å². The number of aryl methyl sites for hydroxylation is 1. The largest absolute Gasteiger partial charge is 0.494 e. The van der Waals surface area contributed by atoms with E-state index >= 15 is 0 Å². The molecule has 2 aromatic carbocycles. The van der Waals surface area contributed by atoms with Crippen LogP contribution in [0.25, 0.3) is 0 Å². The minimum atomic E-state index is -0.468. The smallest absolute Gasteiger partial charge is 0.274 e. The van der Waals surface area contributed by atoms with Crippen molar-refractivity contribution in [2.24, 2.45) is 0 Å². The van der Waals surface area contributed by atoms with E-state index in [1.807, 2.05) is 6.92 Å². The van der Waals surface area contributed by atoms with Gasteiger partial charge in [-0.1, -0.05) is 19.1 Å². The van der Waals surface area contributed by atoms with Crippen molar-refractivity contribution in [3.8, 4) is 5.75 Å². The van der Waals surface area contributed by atoms with E-state index in [9.17, 15) is 14.9 Å². The number of thiocarbonyl (C=S) groups is 1. The number of hydrogen-bond acceptors (Lipinski definition) is 5. The summed E-state index contributed by atoms with van der Waals surface area (Å²) in [6.45, 7) is 4.21. The van der Waals surface area contributed by atoms with Crippen LogP contribution in [0.5, 0.6) is 5.75 Å². The Bertz CT molecular complexity index is 839. The molecule has 0 spiro atoms. The average Bonchev–Trinajstić information content (AvgIpc) is 2.61. The van der Waals surface area contributed by atoms with Crippen LogP contribution in [0, 0.1) is 17.0 Å². The number of carbonyl (C=O) groups is 1. The first-order valence-electron chi connectivity index (χ1n) is 8.01. The predicted octanol–water partition coefficient (Wildman–Crippen LogP) is 3.82. The molecule has 0 heterocycles. The molecule has 0 fully saturated rings. The van der Waals surface area contributed by atoms with Crippen LogP contribution in [-0.2, 0) is 0 Å². The zero-order valence-corrected chi connectivity index (χ0v) is 15.3. The third kappa shape index (κ3) is 5.25. The van der Waals surface area contributed by atoms with Crippen LogP contribution in [0.1, 0.15) is 29.3 Å². The molecular weight excluding hydrogens is 354 g/mol.